The summed E-state index contributed by atoms with van der Waals surface area (Å²) in [6.45, 7) is 3.78. The van der Waals surface area contributed by atoms with Crippen LogP contribution in [0.1, 0.15) is 0 Å². The Labute approximate surface area is 126 Å². The zero-order valence-corrected chi connectivity index (χ0v) is 11.6. The Hall–Kier alpha value is -3.14. The number of benzene rings is 3. The highest BCUT2D eigenvalue weighted by atomic mass is 16.5. The van der Waals surface area contributed by atoms with Gasteiger partial charge in [0.25, 0.3) is 6.47 Å². The highest BCUT2D eigenvalue weighted by molar-refractivity contribution is 6.08. The van der Waals surface area contributed by atoms with E-state index in [9.17, 15) is 9.59 Å². The third kappa shape index (κ3) is 2.54. The minimum absolute atomic E-state index is 0.405. The lowest BCUT2D eigenvalue weighted by atomic mass is 10.0. The van der Waals surface area contributed by atoms with Gasteiger partial charge in [-0.15, -0.1) is 0 Å². The molecule has 0 aliphatic heterocycles. The minimum Gasteiger partial charge on any atom is -0.429 e. The fourth-order valence-corrected chi connectivity index (χ4v) is 2.38. The Morgan fingerprint density at radius 3 is 2.09 bits per heavy atom. The highest BCUT2D eigenvalue weighted by Crippen LogP contribution is 2.30. The summed E-state index contributed by atoms with van der Waals surface area (Å²) in [5.41, 5.74) is 0. The zero-order chi connectivity index (χ0) is 15.5. The molecule has 3 aromatic carbocycles. The molecule has 3 rings (SSSR count). The molecule has 108 valence electrons. The molecule has 0 heterocycles. The van der Waals surface area contributed by atoms with Gasteiger partial charge in [-0.1, -0.05) is 30.8 Å². The number of hydrogen-bond acceptors (Lipinski definition) is 4. The van der Waals surface area contributed by atoms with Crippen LogP contribution in [-0.4, -0.2) is 12.4 Å². The molecule has 0 N–H and O–H groups in total. The van der Waals surface area contributed by atoms with Gasteiger partial charge < -0.3 is 9.47 Å². The van der Waals surface area contributed by atoms with Gasteiger partial charge >= 0.3 is 5.97 Å². The molecule has 0 radical (unpaired) electrons. The van der Waals surface area contributed by atoms with Crippen LogP contribution >= 0.6 is 0 Å². The van der Waals surface area contributed by atoms with Gasteiger partial charge in [-0.25, -0.2) is 4.79 Å². The topological polar surface area (TPSA) is 52.6 Å². The number of ether oxygens (including phenoxy) is 2. The van der Waals surface area contributed by atoms with Crippen molar-refractivity contribution < 1.29 is 19.1 Å². The first-order valence-corrected chi connectivity index (χ1v) is 6.62. The van der Waals surface area contributed by atoms with E-state index in [1.165, 1.54) is 0 Å². The van der Waals surface area contributed by atoms with E-state index in [2.05, 4.69) is 6.58 Å². The summed E-state index contributed by atoms with van der Waals surface area (Å²) in [4.78, 5) is 21.6. The van der Waals surface area contributed by atoms with Crippen LogP contribution in [0.3, 0.4) is 0 Å². The Kier molecular flexibility index (Phi) is 3.58. The summed E-state index contributed by atoms with van der Waals surface area (Å²) in [6.07, 6.45) is 1.12. The Morgan fingerprint density at radius 2 is 1.50 bits per heavy atom. The van der Waals surface area contributed by atoms with E-state index >= 15 is 0 Å². The third-order valence-corrected chi connectivity index (χ3v) is 3.35. The number of esters is 1. The number of hydrogen-bond donors (Lipinski definition) is 0. The molecule has 0 spiro atoms. The van der Waals surface area contributed by atoms with Gasteiger partial charge in [0.15, 0.2) is 0 Å². The molecule has 0 saturated heterocycles. The van der Waals surface area contributed by atoms with Gasteiger partial charge in [0, 0.05) is 6.08 Å². The summed E-state index contributed by atoms with van der Waals surface area (Å²) in [5.74, 6) is 0.479. The van der Waals surface area contributed by atoms with Gasteiger partial charge in [0.05, 0.1) is 0 Å². The zero-order valence-electron chi connectivity index (χ0n) is 11.6. The quantitative estimate of drug-likeness (QED) is 0.242. The van der Waals surface area contributed by atoms with Crippen LogP contribution in [0.25, 0.3) is 21.5 Å². The molecule has 3 aromatic rings. The first-order chi connectivity index (χ1) is 10.7. The molecule has 4 nitrogen and oxygen atoms in total. The normalized spacial score (nSPS) is 10.4. The van der Waals surface area contributed by atoms with Gasteiger partial charge in [-0.05, 0) is 45.8 Å². The maximum Gasteiger partial charge on any atom is 0.335 e. The number of rotatable bonds is 4. The second kappa shape index (κ2) is 5.69. The maximum absolute atomic E-state index is 11.2. The Bertz CT molecular complexity index is 896. The van der Waals surface area contributed by atoms with E-state index in [4.69, 9.17) is 9.47 Å². The lowest BCUT2D eigenvalue weighted by Gasteiger charge is -2.07. The lowest BCUT2D eigenvalue weighted by molar-refractivity contribution is -0.129. The molecule has 4 heteroatoms. The third-order valence-electron chi connectivity index (χ3n) is 3.35. The summed E-state index contributed by atoms with van der Waals surface area (Å²) in [6, 6.07) is 14.7. The predicted octanol–water partition coefficient (Wildman–Crippen LogP) is 3.62. The van der Waals surface area contributed by atoms with E-state index in [0.29, 0.717) is 18.0 Å². The molecular weight excluding hydrogens is 280 g/mol. The number of carbonyl (C=O) groups excluding carboxylic acids is 2. The molecule has 22 heavy (non-hydrogen) atoms. The van der Waals surface area contributed by atoms with Gasteiger partial charge in [0.1, 0.15) is 11.5 Å². The molecule has 0 bridgehead atoms. The van der Waals surface area contributed by atoms with Crippen molar-refractivity contribution in [2.24, 2.45) is 0 Å². The highest BCUT2D eigenvalue weighted by Gasteiger charge is 2.05. The van der Waals surface area contributed by atoms with Crippen molar-refractivity contribution in [1.82, 2.24) is 0 Å². The number of fused-ring (bicyclic) bond motifs is 3. The maximum atomic E-state index is 11.2. The van der Waals surface area contributed by atoms with Crippen LogP contribution in [0.5, 0.6) is 11.5 Å². The summed E-state index contributed by atoms with van der Waals surface area (Å²) in [7, 11) is 0. The van der Waals surface area contributed by atoms with Crippen LogP contribution in [0.15, 0.2) is 61.2 Å². The molecule has 0 aliphatic rings. The standard InChI is InChI=1S/C18H12O4/c1-2-18(20)22-15-6-8-17-13(10-15)4-3-12-9-14(21-11-19)5-7-16(12)17/h2-11H,1H2. The van der Waals surface area contributed by atoms with E-state index in [0.717, 1.165) is 27.6 Å². The smallest absolute Gasteiger partial charge is 0.335 e. The van der Waals surface area contributed by atoms with Crippen LogP contribution in [-0.2, 0) is 9.59 Å². The lowest BCUT2D eigenvalue weighted by Crippen LogP contribution is -2.02. The van der Waals surface area contributed by atoms with Crippen LogP contribution < -0.4 is 9.47 Å². The summed E-state index contributed by atoms with van der Waals surface area (Å²) >= 11 is 0. The van der Waals surface area contributed by atoms with Crippen molar-refractivity contribution in [1.29, 1.82) is 0 Å². The van der Waals surface area contributed by atoms with E-state index < -0.39 is 5.97 Å². The SMILES string of the molecule is C=CC(=O)Oc1ccc2c(ccc3cc(OC=O)ccc32)c1. The van der Waals surface area contributed by atoms with Crippen LogP contribution in [0.2, 0.25) is 0 Å². The molecule has 0 aromatic heterocycles. The average molecular weight is 292 g/mol. The fraction of sp³-hybridized carbons (Fsp3) is 0. The second-order valence-corrected chi connectivity index (χ2v) is 4.67. The molecular formula is C18H12O4. The minimum atomic E-state index is -0.490. The second-order valence-electron chi connectivity index (χ2n) is 4.67. The van der Waals surface area contributed by atoms with Crippen molar-refractivity contribution in [2.45, 2.75) is 0 Å². The molecule has 0 unspecified atom stereocenters. The van der Waals surface area contributed by atoms with Crippen LogP contribution in [0, 0.1) is 0 Å². The van der Waals surface area contributed by atoms with Gasteiger partial charge in [-0.3, -0.25) is 4.79 Å². The summed E-state index contributed by atoms with van der Waals surface area (Å²) < 4.78 is 9.97. The monoisotopic (exact) mass is 292 g/mol. The van der Waals surface area contributed by atoms with E-state index in [-0.39, 0.29) is 0 Å². The molecule has 0 fully saturated rings. The Balaban J connectivity index is 2.10. The first-order valence-electron chi connectivity index (χ1n) is 6.62. The van der Waals surface area contributed by atoms with Crippen molar-refractivity contribution in [2.75, 3.05) is 0 Å². The molecule has 0 aliphatic carbocycles. The van der Waals surface area contributed by atoms with E-state index in [1.807, 2.05) is 24.3 Å². The average Bonchev–Trinajstić information content (AvgIpc) is 2.54. The summed E-state index contributed by atoms with van der Waals surface area (Å²) in [5, 5.41) is 3.96. The van der Waals surface area contributed by atoms with Crippen molar-refractivity contribution in [3.8, 4) is 11.5 Å². The first kappa shape index (κ1) is 13.8. The molecule has 0 atom stereocenters. The van der Waals surface area contributed by atoms with Crippen molar-refractivity contribution in [3.05, 3.63) is 61.2 Å². The van der Waals surface area contributed by atoms with Gasteiger partial charge in [0.2, 0.25) is 0 Å². The predicted molar refractivity (Wildman–Crippen MR) is 84.0 cm³/mol. The molecule has 0 saturated carbocycles. The van der Waals surface area contributed by atoms with Crippen LogP contribution in [0.4, 0.5) is 0 Å². The molecule has 0 amide bonds. The largest absolute Gasteiger partial charge is 0.429 e. The number of carbonyl (C=O) groups is 2. The van der Waals surface area contributed by atoms with E-state index in [1.54, 1.807) is 24.3 Å². The fourth-order valence-electron chi connectivity index (χ4n) is 2.38. The van der Waals surface area contributed by atoms with Gasteiger partial charge in [-0.2, -0.15) is 0 Å². The van der Waals surface area contributed by atoms with Crippen molar-refractivity contribution >= 4 is 34.0 Å². The van der Waals surface area contributed by atoms with Crippen molar-refractivity contribution in [3.63, 3.8) is 0 Å². The Morgan fingerprint density at radius 1 is 0.909 bits per heavy atom.